The van der Waals surface area contributed by atoms with E-state index in [0.29, 0.717) is 26.8 Å². The monoisotopic (exact) mass is 414 g/mol. The molecular weight excluding hydrogens is 396 g/mol. The van der Waals surface area contributed by atoms with E-state index in [1.807, 2.05) is 6.92 Å². The summed E-state index contributed by atoms with van der Waals surface area (Å²) in [6.07, 6.45) is 1.41. The number of esters is 1. The van der Waals surface area contributed by atoms with Crippen LogP contribution in [0.15, 0.2) is 30.6 Å². The first kappa shape index (κ1) is 20.2. The van der Waals surface area contributed by atoms with Gasteiger partial charge in [-0.25, -0.2) is 14.8 Å². The van der Waals surface area contributed by atoms with Crippen molar-refractivity contribution in [3.05, 3.63) is 46.6 Å². The Labute approximate surface area is 169 Å². The smallest absolute Gasteiger partial charge is 0.348 e. The first-order valence-corrected chi connectivity index (χ1v) is 9.50. The topological polar surface area (TPSA) is 131 Å². The molecule has 0 radical (unpaired) electrons. The predicted molar refractivity (Wildman–Crippen MR) is 108 cm³/mol. The van der Waals surface area contributed by atoms with E-state index in [9.17, 15) is 14.4 Å². The van der Waals surface area contributed by atoms with Gasteiger partial charge in [-0.2, -0.15) is 0 Å². The van der Waals surface area contributed by atoms with Gasteiger partial charge in [0.25, 0.3) is 5.91 Å². The van der Waals surface area contributed by atoms with E-state index in [1.54, 1.807) is 31.2 Å². The fourth-order valence-corrected chi connectivity index (χ4v) is 3.70. The molecule has 1 aromatic carbocycles. The number of hydrogen-bond donors (Lipinski definition) is 3. The number of aromatic nitrogens is 2. The van der Waals surface area contributed by atoms with Crippen LogP contribution in [-0.2, 0) is 9.53 Å². The second-order valence-corrected chi connectivity index (χ2v) is 6.96. The number of thiophene rings is 1. The molecule has 0 atom stereocenters. The second kappa shape index (κ2) is 8.65. The summed E-state index contributed by atoms with van der Waals surface area (Å²) in [7, 11) is 0. The third kappa shape index (κ3) is 4.49. The lowest BCUT2D eigenvalue weighted by Gasteiger charge is -2.08. The summed E-state index contributed by atoms with van der Waals surface area (Å²) in [5.41, 5.74) is 1.74. The van der Waals surface area contributed by atoms with Crippen molar-refractivity contribution in [2.45, 2.75) is 13.8 Å². The van der Waals surface area contributed by atoms with Crippen LogP contribution in [-0.4, -0.2) is 46.1 Å². The van der Waals surface area contributed by atoms with Crippen molar-refractivity contribution in [2.75, 3.05) is 18.5 Å². The van der Waals surface area contributed by atoms with Gasteiger partial charge >= 0.3 is 11.9 Å². The number of carbonyl (C=O) groups is 3. The molecule has 0 saturated carbocycles. The van der Waals surface area contributed by atoms with Crippen LogP contribution in [0, 0.1) is 6.92 Å². The van der Waals surface area contributed by atoms with E-state index in [-0.39, 0.29) is 6.61 Å². The third-order valence-electron chi connectivity index (χ3n) is 4.00. The zero-order valence-corrected chi connectivity index (χ0v) is 16.5. The average Bonchev–Trinajstić information content (AvgIpc) is 3.04. The van der Waals surface area contributed by atoms with Crippen LogP contribution in [0.25, 0.3) is 10.2 Å². The van der Waals surface area contributed by atoms with E-state index in [2.05, 4.69) is 20.6 Å². The van der Waals surface area contributed by atoms with Crippen molar-refractivity contribution in [2.24, 2.45) is 0 Å². The number of hydrogen-bond acceptors (Lipinski definition) is 8. The highest BCUT2D eigenvalue weighted by atomic mass is 32.1. The van der Waals surface area contributed by atoms with Crippen molar-refractivity contribution >= 4 is 50.9 Å². The number of ether oxygens (including phenoxy) is 1. The summed E-state index contributed by atoms with van der Waals surface area (Å²) >= 11 is 1.24. The standard InChI is InChI=1S/C19H18N4O5S/c1-3-28-19(27)15-10(2)14-16(21-9-22-18(14)29-15)23-12-6-4-11(5-7-12)17(26)20-8-13(24)25/h4-7,9H,3,8H2,1-2H3,(H,20,26)(H,24,25)(H,21,22,23). The van der Waals surface area contributed by atoms with Crippen LogP contribution in [0.5, 0.6) is 0 Å². The summed E-state index contributed by atoms with van der Waals surface area (Å²) in [4.78, 5) is 44.2. The molecule has 150 valence electrons. The van der Waals surface area contributed by atoms with Crippen LogP contribution in [0.3, 0.4) is 0 Å². The number of carbonyl (C=O) groups excluding carboxylic acids is 2. The summed E-state index contributed by atoms with van der Waals surface area (Å²) in [5.74, 6) is -1.45. The van der Waals surface area contributed by atoms with Crippen molar-refractivity contribution in [1.82, 2.24) is 15.3 Å². The molecule has 2 heterocycles. The highest BCUT2D eigenvalue weighted by molar-refractivity contribution is 7.20. The van der Waals surface area contributed by atoms with Gasteiger partial charge in [-0.15, -0.1) is 11.3 Å². The minimum atomic E-state index is -1.11. The van der Waals surface area contributed by atoms with E-state index in [4.69, 9.17) is 9.84 Å². The number of fused-ring (bicyclic) bond motifs is 1. The minimum absolute atomic E-state index is 0.287. The molecule has 0 saturated heterocycles. The molecule has 3 N–H and O–H groups in total. The Morgan fingerprint density at radius 3 is 2.55 bits per heavy atom. The molecule has 1 amide bonds. The van der Waals surface area contributed by atoms with Gasteiger partial charge in [0.2, 0.25) is 0 Å². The lowest BCUT2D eigenvalue weighted by Crippen LogP contribution is -2.29. The summed E-state index contributed by atoms with van der Waals surface area (Å²) < 4.78 is 5.09. The van der Waals surface area contributed by atoms with Crippen molar-refractivity contribution in [3.63, 3.8) is 0 Å². The lowest BCUT2D eigenvalue weighted by atomic mass is 10.1. The van der Waals surface area contributed by atoms with E-state index < -0.39 is 24.4 Å². The average molecular weight is 414 g/mol. The van der Waals surface area contributed by atoms with Crippen LogP contribution >= 0.6 is 11.3 Å². The van der Waals surface area contributed by atoms with Crippen LogP contribution in [0.4, 0.5) is 11.5 Å². The largest absolute Gasteiger partial charge is 0.480 e. The maximum atomic E-state index is 12.1. The Hall–Kier alpha value is -3.53. The van der Waals surface area contributed by atoms with Crippen molar-refractivity contribution in [3.8, 4) is 0 Å². The number of nitrogens with zero attached hydrogens (tertiary/aromatic N) is 2. The third-order valence-corrected chi connectivity index (χ3v) is 5.18. The number of anilines is 2. The Balaban J connectivity index is 1.84. The highest BCUT2D eigenvalue weighted by Gasteiger charge is 2.20. The molecule has 2 aromatic heterocycles. The Kier molecular flexibility index (Phi) is 6.03. The number of amides is 1. The fourth-order valence-electron chi connectivity index (χ4n) is 2.66. The summed E-state index contributed by atoms with van der Waals surface area (Å²) in [6, 6.07) is 6.50. The molecule has 0 aliphatic rings. The zero-order chi connectivity index (χ0) is 21.0. The van der Waals surface area contributed by atoms with Gasteiger partial charge in [0.15, 0.2) is 0 Å². The normalized spacial score (nSPS) is 10.6. The molecule has 0 spiro atoms. The van der Waals surface area contributed by atoms with Gasteiger partial charge < -0.3 is 20.5 Å². The number of carboxylic acids is 1. The van der Waals surface area contributed by atoms with E-state index in [0.717, 1.165) is 10.9 Å². The van der Waals surface area contributed by atoms with Crippen LogP contribution in [0.1, 0.15) is 32.5 Å². The van der Waals surface area contributed by atoms with Crippen molar-refractivity contribution < 1.29 is 24.2 Å². The number of carboxylic acid groups (broad SMARTS) is 1. The summed E-state index contributed by atoms with van der Waals surface area (Å²) in [6.45, 7) is 3.40. The molecule has 0 unspecified atom stereocenters. The maximum Gasteiger partial charge on any atom is 0.348 e. The van der Waals surface area contributed by atoms with Gasteiger partial charge in [-0.05, 0) is 43.7 Å². The van der Waals surface area contributed by atoms with Crippen LogP contribution in [0.2, 0.25) is 0 Å². The predicted octanol–water partition coefficient (Wildman–Crippen LogP) is 2.73. The highest BCUT2D eigenvalue weighted by Crippen LogP contribution is 2.34. The fraction of sp³-hybridized carbons (Fsp3) is 0.211. The second-order valence-electron chi connectivity index (χ2n) is 5.96. The molecule has 10 heteroatoms. The number of nitrogens with one attached hydrogen (secondary N) is 2. The first-order chi connectivity index (χ1) is 13.9. The molecule has 3 rings (SSSR count). The molecule has 0 aliphatic carbocycles. The molecule has 3 aromatic rings. The number of aryl methyl sites for hydroxylation is 1. The van der Waals surface area contributed by atoms with Crippen molar-refractivity contribution in [1.29, 1.82) is 0 Å². The quantitative estimate of drug-likeness (QED) is 0.503. The number of rotatable bonds is 7. The zero-order valence-electron chi connectivity index (χ0n) is 15.7. The minimum Gasteiger partial charge on any atom is -0.480 e. The Morgan fingerprint density at radius 2 is 1.90 bits per heavy atom. The SMILES string of the molecule is CCOC(=O)c1sc2ncnc(Nc3ccc(C(=O)NCC(=O)O)cc3)c2c1C. The number of benzene rings is 1. The van der Waals surface area contributed by atoms with Crippen LogP contribution < -0.4 is 10.6 Å². The van der Waals surface area contributed by atoms with Gasteiger partial charge in [0, 0.05) is 11.3 Å². The van der Waals surface area contributed by atoms with Gasteiger partial charge in [-0.3, -0.25) is 9.59 Å². The maximum absolute atomic E-state index is 12.1. The van der Waals surface area contributed by atoms with E-state index in [1.165, 1.54) is 17.7 Å². The molecule has 0 bridgehead atoms. The number of aliphatic carboxylic acids is 1. The summed E-state index contributed by atoms with van der Waals surface area (Å²) in [5, 5.41) is 14.8. The van der Waals surface area contributed by atoms with Gasteiger partial charge in [0.05, 0.1) is 12.0 Å². The molecule has 29 heavy (non-hydrogen) atoms. The van der Waals surface area contributed by atoms with E-state index >= 15 is 0 Å². The van der Waals surface area contributed by atoms with Gasteiger partial charge in [-0.1, -0.05) is 0 Å². The lowest BCUT2D eigenvalue weighted by molar-refractivity contribution is -0.135. The molecule has 0 aliphatic heterocycles. The molecule has 0 fully saturated rings. The Bertz CT molecular complexity index is 1080. The Morgan fingerprint density at radius 1 is 1.17 bits per heavy atom. The molecular formula is C19H18N4O5S. The molecule has 9 nitrogen and oxygen atoms in total. The first-order valence-electron chi connectivity index (χ1n) is 8.69. The van der Waals surface area contributed by atoms with Gasteiger partial charge in [0.1, 0.15) is 28.4 Å².